The Morgan fingerprint density at radius 1 is 1.38 bits per heavy atom. The molecule has 2 rings (SSSR count). The largest absolute Gasteiger partial charge is 0.464 e. The van der Waals surface area contributed by atoms with Crippen LogP contribution in [-0.2, 0) is 23.9 Å². The quantitative estimate of drug-likeness (QED) is 0.664. The average Bonchev–Trinajstić information content (AvgIpc) is 3.08. The van der Waals surface area contributed by atoms with Gasteiger partial charge in [-0.2, -0.15) is 0 Å². The van der Waals surface area contributed by atoms with Gasteiger partial charge in [0.05, 0.1) is 20.3 Å². The minimum absolute atomic E-state index is 0.143. The Bertz CT molecular complexity index is 474. The number of ether oxygens (including phenoxy) is 2. The maximum atomic E-state index is 12.3. The van der Waals surface area contributed by atoms with Crippen LogP contribution in [0.4, 0.5) is 0 Å². The van der Waals surface area contributed by atoms with Crippen LogP contribution in [-0.4, -0.2) is 74.6 Å². The molecule has 0 unspecified atom stereocenters. The van der Waals surface area contributed by atoms with Gasteiger partial charge in [0.2, 0.25) is 6.10 Å². The Morgan fingerprint density at radius 3 is 2.71 bits per heavy atom. The van der Waals surface area contributed by atoms with E-state index in [1.54, 1.807) is 0 Å². The topological polar surface area (TPSA) is 89.5 Å². The Morgan fingerprint density at radius 2 is 2.08 bits per heavy atom. The van der Waals surface area contributed by atoms with Gasteiger partial charge in [0.25, 0.3) is 5.91 Å². The molecule has 1 amide bonds. The van der Waals surface area contributed by atoms with Crippen molar-refractivity contribution in [3.05, 3.63) is 0 Å². The smallest absolute Gasteiger partial charge is 0.355 e. The fourth-order valence-electron chi connectivity index (χ4n) is 2.94. The fourth-order valence-corrected chi connectivity index (χ4v) is 2.94. The first-order valence-corrected chi connectivity index (χ1v) is 8.41. The minimum atomic E-state index is -0.761. The number of morpholine rings is 1. The van der Waals surface area contributed by atoms with Crippen LogP contribution in [0.5, 0.6) is 0 Å². The molecule has 0 aromatic carbocycles. The molecule has 2 aliphatic heterocycles. The van der Waals surface area contributed by atoms with E-state index in [2.05, 4.69) is 34.0 Å². The van der Waals surface area contributed by atoms with Crippen molar-refractivity contribution in [3.8, 4) is 0 Å². The van der Waals surface area contributed by atoms with Crippen molar-refractivity contribution in [2.24, 2.45) is 11.1 Å². The zero-order valence-electron chi connectivity index (χ0n) is 14.6. The number of hydrogen-bond donors (Lipinski definition) is 1. The monoisotopic (exact) mass is 341 g/mol. The summed E-state index contributed by atoms with van der Waals surface area (Å²) < 4.78 is 9.98. The normalized spacial score (nSPS) is 22.7. The molecule has 0 aromatic heterocycles. The van der Waals surface area contributed by atoms with E-state index in [-0.39, 0.29) is 24.1 Å². The van der Waals surface area contributed by atoms with Crippen LogP contribution in [0.2, 0.25) is 0 Å². The molecule has 0 saturated carbocycles. The summed E-state index contributed by atoms with van der Waals surface area (Å²) in [5.41, 5.74) is 0.143. The van der Waals surface area contributed by atoms with Gasteiger partial charge in [-0.1, -0.05) is 19.0 Å². The number of amides is 1. The zero-order valence-corrected chi connectivity index (χ0v) is 14.6. The highest BCUT2D eigenvalue weighted by atomic mass is 16.7. The SMILES string of the molecule is COC(=O)C1=NO[C@H](C(=O)NC[C@H](CC(C)C)N2CCOCC2)C1. The molecule has 0 spiro atoms. The van der Waals surface area contributed by atoms with Crippen LogP contribution >= 0.6 is 0 Å². The van der Waals surface area contributed by atoms with Crippen molar-refractivity contribution in [2.45, 2.75) is 38.8 Å². The summed E-state index contributed by atoms with van der Waals surface area (Å²) in [4.78, 5) is 31.1. The molecule has 0 aliphatic carbocycles. The van der Waals surface area contributed by atoms with Gasteiger partial charge >= 0.3 is 5.97 Å². The van der Waals surface area contributed by atoms with Gasteiger partial charge in [0.15, 0.2) is 5.71 Å². The molecular formula is C16H27N3O5. The lowest BCUT2D eigenvalue weighted by Crippen LogP contribution is -2.50. The molecule has 1 fully saturated rings. The van der Waals surface area contributed by atoms with Crippen LogP contribution in [0.1, 0.15) is 26.7 Å². The van der Waals surface area contributed by atoms with E-state index in [9.17, 15) is 9.59 Å². The summed E-state index contributed by atoms with van der Waals surface area (Å²) >= 11 is 0. The maximum Gasteiger partial charge on any atom is 0.355 e. The number of rotatable bonds is 7. The van der Waals surface area contributed by atoms with E-state index < -0.39 is 12.1 Å². The summed E-state index contributed by atoms with van der Waals surface area (Å²) in [6, 6.07) is 0.264. The van der Waals surface area contributed by atoms with Crippen LogP contribution in [0.3, 0.4) is 0 Å². The fraction of sp³-hybridized carbons (Fsp3) is 0.812. The van der Waals surface area contributed by atoms with E-state index in [1.165, 1.54) is 7.11 Å². The Kier molecular flexibility index (Phi) is 6.99. The van der Waals surface area contributed by atoms with Gasteiger partial charge in [-0.15, -0.1) is 0 Å². The molecular weight excluding hydrogens is 314 g/mol. The summed E-state index contributed by atoms with van der Waals surface area (Å²) in [5, 5.41) is 6.56. The zero-order chi connectivity index (χ0) is 17.5. The van der Waals surface area contributed by atoms with Gasteiger partial charge in [-0.25, -0.2) is 4.79 Å². The van der Waals surface area contributed by atoms with Crippen molar-refractivity contribution in [1.82, 2.24) is 10.2 Å². The number of hydrogen-bond acceptors (Lipinski definition) is 7. The number of nitrogens with one attached hydrogen (secondary N) is 1. The van der Waals surface area contributed by atoms with Crippen LogP contribution in [0.25, 0.3) is 0 Å². The van der Waals surface area contributed by atoms with Crippen LogP contribution in [0, 0.1) is 5.92 Å². The Labute approximate surface area is 142 Å². The van der Waals surface area contributed by atoms with Gasteiger partial charge in [0.1, 0.15) is 0 Å². The van der Waals surface area contributed by atoms with Gasteiger partial charge < -0.3 is 19.6 Å². The van der Waals surface area contributed by atoms with E-state index in [1.807, 2.05) is 0 Å². The number of methoxy groups -OCH3 is 1. The van der Waals surface area contributed by atoms with Gasteiger partial charge in [-0.05, 0) is 12.3 Å². The molecule has 0 aromatic rings. The standard InChI is InChI=1S/C16H27N3O5/c1-11(2)8-12(19-4-6-23-7-5-19)10-17-15(20)14-9-13(18-24-14)16(21)22-3/h11-12,14H,4-10H2,1-3H3,(H,17,20)/t12-,14-/m0/s1. The number of nitrogens with zero attached hydrogens (tertiary/aromatic N) is 2. The highest BCUT2D eigenvalue weighted by Gasteiger charge is 2.32. The third-order valence-corrected chi connectivity index (χ3v) is 4.20. The van der Waals surface area contributed by atoms with Crippen molar-refractivity contribution in [1.29, 1.82) is 0 Å². The molecule has 2 aliphatic rings. The van der Waals surface area contributed by atoms with Crippen LogP contribution < -0.4 is 5.32 Å². The minimum Gasteiger partial charge on any atom is -0.464 e. The summed E-state index contributed by atoms with van der Waals surface area (Å²) in [5.74, 6) is -0.275. The van der Waals surface area contributed by atoms with Gasteiger partial charge in [-0.3, -0.25) is 9.69 Å². The lowest BCUT2D eigenvalue weighted by Gasteiger charge is -2.35. The first-order chi connectivity index (χ1) is 11.5. The first kappa shape index (κ1) is 18.7. The molecule has 2 atom stereocenters. The Hall–Kier alpha value is -1.67. The number of oxime groups is 1. The highest BCUT2D eigenvalue weighted by Crippen LogP contribution is 2.15. The molecule has 8 nitrogen and oxygen atoms in total. The first-order valence-electron chi connectivity index (χ1n) is 8.41. The van der Waals surface area contributed by atoms with Crippen molar-refractivity contribution < 1.29 is 23.9 Å². The van der Waals surface area contributed by atoms with E-state index in [0.717, 1.165) is 32.7 Å². The second-order valence-electron chi connectivity index (χ2n) is 6.50. The second-order valence-corrected chi connectivity index (χ2v) is 6.50. The van der Waals surface area contributed by atoms with Crippen LogP contribution in [0.15, 0.2) is 5.16 Å². The van der Waals surface area contributed by atoms with Crippen molar-refractivity contribution in [3.63, 3.8) is 0 Å². The predicted molar refractivity (Wildman–Crippen MR) is 87.6 cm³/mol. The lowest BCUT2D eigenvalue weighted by molar-refractivity contribution is -0.133. The number of esters is 1. The van der Waals surface area contributed by atoms with Crippen molar-refractivity contribution in [2.75, 3.05) is 40.0 Å². The third kappa shape index (κ3) is 5.17. The second kappa shape index (κ2) is 8.98. The summed E-state index contributed by atoms with van der Waals surface area (Å²) in [6.07, 6.45) is 0.379. The molecule has 8 heteroatoms. The summed E-state index contributed by atoms with van der Waals surface area (Å²) in [6.45, 7) is 8.10. The van der Waals surface area contributed by atoms with E-state index >= 15 is 0 Å². The predicted octanol–water partition coefficient (Wildman–Crippen LogP) is 0.167. The number of carbonyl (C=O) groups excluding carboxylic acids is 2. The van der Waals surface area contributed by atoms with E-state index in [0.29, 0.717) is 12.5 Å². The maximum absolute atomic E-state index is 12.3. The molecule has 1 N–H and O–H groups in total. The number of carbonyl (C=O) groups is 2. The molecule has 0 bridgehead atoms. The molecule has 0 radical (unpaired) electrons. The van der Waals surface area contributed by atoms with Crippen molar-refractivity contribution >= 4 is 17.6 Å². The molecule has 1 saturated heterocycles. The average molecular weight is 341 g/mol. The highest BCUT2D eigenvalue weighted by molar-refractivity contribution is 6.37. The molecule has 136 valence electrons. The third-order valence-electron chi connectivity index (χ3n) is 4.20. The Balaban J connectivity index is 1.82. The van der Waals surface area contributed by atoms with E-state index in [4.69, 9.17) is 9.57 Å². The molecule has 24 heavy (non-hydrogen) atoms. The van der Waals surface area contributed by atoms with Gasteiger partial charge in [0, 0.05) is 32.1 Å². The summed E-state index contributed by atoms with van der Waals surface area (Å²) in [7, 11) is 1.27. The molecule has 2 heterocycles. The lowest BCUT2D eigenvalue weighted by atomic mass is 10.0.